The molecule has 1 aliphatic rings. The maximum Gasteiger partial charge on any atom is 0.418 e. The molecule has 0 aromatic heterocycles. The van der Waals surface area contributed by atoms with Crippen LogP contribution in [0.4, 0.5) is 0 Å². The van der Waals surface area contributed by atoms with E-state index in [4.69, 9.17) is 0 Å². The SMILES string of the molecule is CC1(O[C]=O)CC1. The van der Waals surface area contributed by atoms with Crippen LogP contribution in [0.15, 0.2) is 0 Å². The highest BCUT2D eigenvalue weighted by Crippen LogP contribution is 2.37. The lowest BCUT2D eigenvalue weighted by molar-refractivity contribution is 0.173. The molecule has 1 fully saturated rings. The standard InChI is InChI=1S/C5H7O2/c1-5(2-3-5)7-4-6/h2-3H2,1H3. The lowest BCUT2D eigenvalue weighted by Gasteiger charge is -2.00. The Kier molecular flexibility index (Phi) is 0.805. The van der Waals surface area contributed by atoms with Crippen LogP contribution in [0.25, 0.3) is 0 Å². The van der Waals surface area contributed by atoms with E-state index in [9.17, 15) is 4.79 Å². The zero-order valence-corrected chi connectivity index (χ0v) is 4.23. The van der Waals surface area contributed by atoms with Crippen LogP contribution in [-0.2, 0) is 9.53 Å². The van der Waals surface area contributed by atoms with Crippen molar-refractivity contribution in [2.45, 2.75) is 25.4 Å². The molecule has 0 aliphatic heterocycles. The maximum atomic E-state index is 9.51. The molecule has 0 saturated heterocycles. The molecule has 1 radical (unpaired) electrons. The minimum absolute atomic E-state index is 0.123. The van der Waals surface area contributed by atoms with Gasteiger partial charge in [-0.05, 0) is 19.8 Å². The van der Waals surface area contributed by atoms with Crippen LogP contribution in [0.5, 0.6) is 0 Å². The predicted molar refractivity (Wildman–Crippen MR) is 24.4 cm³/mol. The molecule has 0 N–H and O–H groups in total. The monoisotopic (exact) mass is 99.0 g/mol. The fourth-order valence-corrected chi connectivity index (χ4v) is 0.379. The Hall–Kier alpha value is -0.530. The van der Waals surface area contributed by atoms with Crippen LogP contribution in [-0.4, -0.2) is 12.1 Å². The Labute approximate surface area is 42.5 Å². The third-order valence-electron chi connectivity index (χ3n) is 1.24. The summed E-state index contributed by atoms with van der Waals surface area (Å²) in [4.78, 5) is 9.51. The quantitative estimate of drug-likeness (QED) is 0.507. The summed E-state index contributed by atoms with van der Waals surface area (Å²) in [6.07, 6.45) is 2.00. The molecule has 2 nitrogen and oxygen atoms in total. The highest BCUT2D eigenvalue weighted by Gasteiger charge is 2.39. The first-order valence-electron chi connectivity index (χ1n) is 2.32. The summed E-state index contributed by atoms with van der Waals surface area (Å²) in [5, 5.41) is 0. The van der Waals surface area contributed by atoms with Crippen LogP contribution < -0.4 is 0 Å². The van der Waals surface area contributed by atoms with Crippen LogP contribution in [0.1, 0.15) is 19.8 Å². The van der Waals surface area contributed by atoms with Crippen molar-refractivity contribution in [2.24, 2.45) is 0 Å². The zero-order valence-electron chi connectivity index (χ0n) is 4.23. The minimum Gasteiger partial charge on any atom is -0.451 e. The van der Waals surface area contributed by atoms with Gasteiger partial charge < -0.3 is 4.74 Å². The Bertz CT molecular complexity index is 84.1. The lowest BCUT2D eigenvalue weighted by atomic mass is 10.4. The summed E-state index contributed by atoms with van der Waals surface area (Å²) >= 11 is 0. The molecular weight excluding hydrogens is 92.1 g/mol. The third-order valence-corrected chi connectivity index (χ3v) is 1.24. The van der Waals surface area contributed by atoms with E-state index in [1.54, 1.807) is 0 Å². The van der Waals surface area contributed by atoms with Crippen molar-refractivity contribution in [1.82, 2.24) is 0 Å². The third kappa shape index (κ3) is 0.918. The van der Waals surface area contributed by atoms with E-state index in [1.165, 1.54) is 6.47 Å². The predicted octanol–water partition coefficient (Wildman–Crippen LogP) is 0.623. The Balaban J connectivity index is 2.25. The summed E-state index contributed by atoms with van der Waals surface area (Å²) in [7, 11) is 0. The molecule has 0 unspecified atom stereocenters. The van der Waals surface area contributed by atoms with Gasteiger partial charge in [0.15, 0.2) is 0 Å². The maximum absolute atomic E-state index is 9.51. The minimum atomic E-state index is -0.123. The summed E-state index contributed by atoms with van der Waals surface area (Å²) in [5.74, 6) is 0. The molecule has 0 heterocycles. The first-order chi connectivity index (χ1) is 3.27. The van der Waals surface area contributed by atoms with E-state index in [2.05, 4.69) is 4.74 Å². The highest BCUT2D eigenvalue weighted by molar-refractivity contribution is 5.40. The molecule has 1 rings (SSSR count). The van der Waals surface area contributed by atoms with Crippen molar-refractivity contribution in [3.63, 3.8) is 0 Å². The fraction of sp³-hybridized carbons (Fsp3) is 0.800. The molecule has 0 spiro atoms. The Morgan fingerprint density at radius 1 is 1.71 bits per heavy atom. The van der Waals surface area contributed by atoms with Crippen molar-refractivity contribution >= 4 is 6.47 Å². The van der Waals surface area contributed by atoms with E-state index in [-0.39, 0.29) is 5.60 Å². The number of ether oxygens (including phenoxy) is 1. The van der Waals surface area contributed by atoms with Gasteiger partial charge in [0.2, 0.25) is 0 Å². The normalized spacial score (nSPS) is 23.6. The molecule has 39 valence electrons. The van der Waals surface area contributed by atoms with Gasteiger partial charge >= 0.3 is 6.47 Å². The molecule has 0 amide bonds. The second-order valence-electron chi connectivity index (χ2n) is 2.14. The number of hydrogen-bond acceptors (Lipinski definition) is 2. The molecule has 0 aromatic rings. The molecular formula is C5H7O2. The van der Waals surface area contributed by atoms with E-state index in [0.29, 0.717) is 0 Å². The summed E-state index contributed by atoms with van der Waals surface area (Å²) in [6.45, 7) is 3.32. The molecule has 2 heteroatoms. The topological polar surface area (TPSA) is 26.3 Å². The van der Waals surface area contributed by atoms with Crippen LogP contribution >= 0.6 is 0 Å². The average molecular weight is 99.1 g/mol. The molecule has 0 atom stereocenters. The van der Waals surface area contributed by atoms with E-state index in [0.717, 1.165) is 12.8 Å². The second kappa shape index (κ2) is 1.22. The van der Waals surface area contributed by atoms with Gasteiger partial charge in [0.05, 0.1) is 0 Å². The van der Waals surface area contributed by atoms with Gasteiger partial charge in [-0.25, -0.2) is 4.79 Å². The van der Waals surface area contributed by atoms with Gasteiger partial charge in [-0.1, -0.05) is 0 Å². The van der Waals surface area contributed by atoms with Crippen LogP contribution in [0, 0.1) is 0 Å². The average Bonchev–Trinajstić information content (AvgIpc) is 2.22. The molecule has 1 saturated carbocycles. The molecule has 7 heavy (non-hydrogen) atoms. The van der Waals surface area contributed by atoms with Gasteiger partial charge in [0.1, 0.15) is 5.60 Å². The number of rotatable bonds is 2. The van der Waals surface area contributed by atoms with Gasteiger partial charge in [0, 0.05) is 0 Å². The van der Waals surface area contributed by atoms with Crippen molar-refractivity contribution in [3.8, 4) is 0 Å². The van der Waals surface area contributed by atoms with E-state index < -0.39 is 0 Å². The second-order valence-corrected chi connectivity index (χ2v) is 2.14. The number of carbonyl (C=O) groups excluding carboxylic acids is 1. The molecule has 1 aliphatic carbocycles. The molecule has 0 bridgehead atoms. The first kappa shape index (κ1) is 4.62. The Morgan fingerprint density at radius 2 is 2.29 bits per heavy atom. The van der Waals surface area contributed by atoms with Crippen molar-refractivity contribution < 1.29 is 9.53 Å². The largest absolute Gasteiger partial charge is 0.451 e. The van der Waals surface area contributed by atoms with Crippen molar-refractivity contribution in [3.05, 3.63) is 0 Å². The van der Waals surface area contributed by atoms with Crippen LogP contribution in [0.3, 0.4) is 0 Å². The van der Waals surface area contributed by atoms with Gasteiger partial charge in [-0.15, -0.1) is 0 Å². The summed E-state index contributed by atoms with van der Waals surface area (Å²) < 4.78 is 4.53. The van der Waals surface area contributed by atoms with Gasteiger partial charge in [-0.3, -0.25) is 0 Å². The smallest absolute Gasteiger partial charge is 0.418 e. The molecule has 0 aromatic carbocycles. The zero-order chi connectivity index (χ0) is 5.33. The van der Waals surface area contributed by atoms with Crippen molar-refractivity contribution in [1.29, 1.82) is 0 Å². The fourth-order valence-electron chi connectivity index (χ4n) is 0.379. The Morgan fingerprint density at radius 3 is 2.43 bits per heavy atom. The summed E-state index contributed by atoms with van der Waals surface area (Å²) in [6, 6.07) is 0. The van der Waals surface area contributed by atoms with Gasteiger partial charge in [-0.2, -0.15) is 0 Å². The van der Waals surface area contributed by atoms with Crippen LogP contribution in [0.2, 0.25) is 0 Å². The first-order valence-corrected chi connectivity index (χ1v) is 2.32. The van der Waals surface area contributed by atoms with Crippen molar-refractivity contribution in [2.75, 3.05) is 0 Å². The number of hydrogen-bond donors (Lipinski definition) is 0. The lowest BCUT2D eigenvalue weighted by Crippen LogP contribution is -2.05. The van der Waals surface area contributed by atoms with E-state index in [1.807, 2.05) is 6.92 Å². The highest BCUT2D eigenvalue weighted by atomic mass is 16.5. The van der Waals surface area contributed by atoms with Gasteiger partial charge in [0.25, 0.3) is 0 Å². The van der Waals surface area contributed by atoms with E-state index >= 15 is 0 Å². The summed E-state index contributed by atoms with van der Waals surface area (Å²) in [5.41, 5.74) is -0.123.